The maximum atomic E-state index is 11.5. The molecule has 0 radical (unpaired) electrons. The molecule has 0 saturated heterocycles. The van der Waals surface area contributed by atoms with Crippen LogP contribution in [0.4, 0.5) is 11.4 Å². The van der Waals surface area contributed by atoms with Gasteiger partial charge in [0.1, 0.15) is 0 Å². The van der Waals surface area contributed by atoms with E-state index in [0.717, 1.165) is 33.6 Å². The summed E-state index contributed by atoms with van der Waals surface area (Å²) in [5, 5.41) is 0. The summed E-state index contributed by atoms with van der Waals surface area (Å²) in [6.07, 6.45) is 21.6. The van der Waals surface area contributed by atoms with Crippen molar-refractivity contribution < 1.29 is 19.1 Å². The molecule has 0 heterocycles. The van der Waals surface area contributed by atoms with Crippen molar-refractivity contribution in [3.63, 3.8) is 0 Å². The minimum atomic E-state index is -0.362. The summed E-state index contributed by atoms with van der Waals surface area (Å²) in [6, 6.07) is 15.1. The van der Waals surface area contributed by atoms with E-state index < -0.39 is 0 Å². The molecule has 0 spiro atoms. The minimum Gasteiger partial charge on any atom is -0.463 e. The SMILES string of the molecule is C\C=C/C(=C/C=Nc1ccc(/C=C/C(=O)OCC)cc1)C(/C=C\C)=C/C=Nc1ccc(/C=C/C(=O)OCC)cc1. The Balaban J connectivity index is 2.13. The van der Waals surface area contributed by atoms with E-state index in [1.165, 1.54) is 12.2 Å². The van der Waals surface area contributed by atoms with Gasteiger partial charge in [-0.05, 0) is 98.5 Å². The Morgan fingerprint density at radius 3 is 1.32 bits per heavy atom. The number of carbonyl (C=O) groups is 2. The molecule has 0 aliphatic rings. The van der Waals surface area contributed by atoms with Crippen LogP contribution in [0.1, 0.15) is 38.8 Å². The highest BCUT2D eigenvalue weighted by Gasteiger charge is 1.98. The van der Waals surface area contributed by atoms with Gasteiger partial charge in [0.05, 0.1) is 24.6 Å². The molecule has 0 atom stereocenters. The third-order valence-electron chi connectivity index (χ3n) is 5.16. The van der Waals surface area contributed by atoms with E-state index >= 15 is 0 Å². The van der Waals surface area contributed by atoms with Gasteiger partial charge < -0.3 is 9.47 Å². The molecule has 0 amide bonds. The van der Waals surface area contributed by atoms with Gasteiger partial charge in [-0.15, -0.1) is 0 Å². The molecule has 2 rings (SSSR count). The lowest BCUT2D eigenvalue weighted by Crippen LogP contribution is -1.98. The maximum Gasteiger partial charge on any atom is 0.330 e. The Hall–Kier alpha value is -4.84. The summed E-state index contributed by atoms with van der Waals surface area (Å²) >= 11 is 0. The van der Waals surface area contributed by atoms with Gasteiger partial charge in [0.25, 0.3) is 0 Å². The number of aliphatic imine (C=N–C) groups is 2. The van der Waals surface area contributed by atoms with Crippen molar-refractivity contribution in [1.82, 2.24) is 0 Å². The van der Waals surface area contributed by atoms with E-state index in [9.17, 15) is 9.59 Å². The molecule has 0 aliphatic heterocycles. The van der Waals surface area contributed by atoms with Gasteiger partial charge >= 0.3 is 11.9 Å². The number of allylic oxidation sites excluding steroid dienone is 8. The zero-order valence-electron chi connectivity index (χ0n) is 23.5. The molecule has 6 nitrogen and oxygen atoms in total. The van der Waals surface area contributed by atoms with Crippen LogP contribution in [0.5, 0.6) is 0 Å². The third-order valence-corrected chi connectivity index (χ3v) is 5.16. The van der Waals surface area contributed by atoms with Crippen molar-refractivity contribution in [3.8, 4) is 0 Å². The molecule has 6 heteroatoms. The first-order valence-corrected chi connectivity index (χ1v) is 13.1. The van der Waals surface area contributed by atoms with Crippen molar-refractivity contribution in [2.75, 3.05) is 13.2 Å². The molecule has 2 aromatic rings. The summed E-state index contributed by atoms with van der Waals surface area (Å²) in [6.45, 7) is 8.18. The van der Waals surface area contributed by atoms with Crippen LogP contribution in [0.2, 0.25) is 0 Å². The van der Waals surface area contributed by atoms with E-state index in [1.807, 2.05) is 98.8 Å². The van der Waals surface area contributed by atoms with Gasteiger partial charge in [-0.25, -0.2) is 9.59 Å². The molecular weight excluding hydrogens is 500 g/mol. The quantitative estimate of drug-likeness (QED) is 0.113. The Labute approximate surface area is 237 Å². The van der Waals surface area contributed by atoms with Crippen LogP contribution in [0.15, 0.2) is 118 Å². The lowest BCUT2D eigenvalue weighted by Gasteiger charge is -2.02. The fourth-order valence-corrected chi connectivity index (χ4v) is 3.31. The first-order valence-electron chi connectivity index (χ1n) is 13.1. The van der Waals surface area contributed by atoms with Crippen molar-refractivity contribution in [1.29, 1.82) is 0 Å². The number of carbonyl (C=O) groups excluding carboxylic acids is 2. The molecule has 206 valence electrons. The van der Waals surface area contributed by atoms with E-state index in [2.05, 4.69) is 9.98 Å². The lowest BCUT2D eigenvalue weighted by atomic mass is 10.0. The van der Waals surface area contributed by atoms with Crippen LogP contribution < -0.4 is 0 Å². The van der Waals surface area contributed by atoms with Crippen LogP contribution in [0.3, 0.4) is 0 Å². The highest BCUT2D eigenvalue weighted by atomic mass is 16.5. The van der Waals surface area contributed by atoms with Crippen LogP contribution >= 0.6 is 0 Å². The smallest absolute Gasteiger partial charge is 0.330 e. The molecule has 0 unspecified atom stereocenters. The largest absolute Gasteiger partial charge is 0.463 e. The van der Waals surface area contributed by atoms with Crippen molar-refractivity contribution >= 4 is 47.9 Å². The van der Waals surface area contributed by atoms with Gasteiger partial charge in [0, 0.05) is 24.6 Å². The van der Waals surface area contributed by atoms with Crippen LogP contribution in [-0.4, -0.2) is 37.6 Å². The van der Waals surface area contributed by atoms with Crippen molar-refractivity contribution in [2.24, 2.45) is 9.98 Å². The van der Waals surface area contributed by atoms with Gasteiger partial charge in [-0.1, -0.05) is 48.6 Å². The fourth-order valence-electron chi connectivity index (χ4n) is 3.31. The number of hydrogen-bond acceptors (Lipinski definition) is 6. The summed E-state index contributed by atoms with van der Waals surface area (Å²) in [5.41, 5.74) is 5.31. The number of nitrogens with zero attached hydrogens (tertiary/aromatic N) is 2. The summed E-state index contributed by atoms with van der Waals surface area (Å²) in [4.78, 5) is 32.0. The van der Waals surface area contributed by atoms with E-state index in [4.69, 9.17) is 9.47 Å². The maximum absolute atomic E-state index is 11.5. The predicted molar refractivity (Wildman–Crippen MR) is 166 cm³/mol. The average molecular weight is 537 g/mol. The van der Waals surface area contributed by atoms with E-state index in [0.29, 0.717) is 13.2 Å². The fraction of sp³-hybridized carbons (Fsp3) is 0.176. The van der Waals surface area contributed by atoms with Gasteiger partial charge in [-0.2, -0.15) is 0 Å². The molecule has 2 aromatic carbocycles. The van der Waals surface area contributed by atoms with Crippen LogP contribution in [0.25, 0.3) is 12.2 Å². The Morgan fingerprint density at radius 1 is 0.625 bits per heavy atom. The third kappa shape index (κ3) is 12.1. The van der Waals surface area contributed by atoms with Crippen molar-refractivity contribution in [3.05, 3.63) is 119 Å². The molecule has 0 saturated carbocycles. The molecule has 0 aromatic heterocycles. The second kappa shape index (κ2) is 18.4. The number of esters is 2. The Kier molecular flexibility index (Phi) is 14.4. The summed E-state index contributed by atoms with van der Waals surface area (Å²) in [5.74, 6) is -0.723. The van der Waals surface area contributed by atoms with Gasteiger partial charge in [-0.3, -0.25) is 9.98 Å². The van der Waals surface area contributed by atoms with Gasteiger partial charge in [0.2, 0.25) is 0 Å². The van der Waals surface area contributed by atoms with Crippen LogP contribution in [-0.2, 0) is 19.1 Å². The summed E-state index contributed by atoms with van der Waals surface area (Å²) in [7, 11) is 0. The zero-order valence-corrected chi connectivity index (χ0v) is 23.5. The number of ether oxygens (including phenoxy) is 2. The number of hydrogen-bond donors (Lipinski definition) is 0. The summed E-state index contributed by atoms with van der Waals surface area (Å²) < 4.78 is 9.80. The average Bonchev–Trinajstić information content (AvgIpc) is 2.96. The standard InChI is InChI=1S/C34H36N2O4/c1-5-9-29(23-25-35-31-17-11-27(12-18-31)15-21-33(37)39-7-3)30(10-6-2)24-26-36-32-19-13-28(14-20-32)16-22-34(38)40-8-4/h5-6,9-26H,7-8H2,1-4H3/b9-5-,10-6-,21-15+,22-16+,29-23-,30-24+,35-25?,36-26?. The molecule has 40 heavy (non-hydrogen) atoms. The highest BCUT2D eigenvalue weighted by Crippen LogP contribution is 2.17. The van der Waals surface area contributed by atoms with E-state index in [-0.39, 0.29) is 11.9 Å². The Morgan fingerprint density at radius 2 is 1.00 bits per heavy atom. The molecular formula is C34H36N2O4. The van der Waals surface area contributed by atoms with Crippen molar-refractivity contribution in [2.45, 2.75) is 27.7 Å². The second-order valence-electron chi connectivity index (χ2n) is 8.15. The molecule has 0 bridgehead atoms. The number of benzene rings is 2. The van der Waals surface area contributed by atoms with E-state index in [1.54, 1.807) is 38.4 Å². The predicted octanol–water partition coefficient (Wildman–Crippen LogP) is 7.95. The zero-order chi connectivity index (χ0) is 29.0. The number of rotatable bonds is 13. The molecule has 0 aliphatic carbocycles. The first kappa shape index (κ1) is 31.4. The normalized spacial score (nSPS) is 13.1. The minimum absolute atomic E-state index is 0.351. The second-order valence-corrected chi connectivity index (χ2v) is 8.15. The Bertz CT molecular complexity index is 1230. The monoisotopic (exact) mass is 536 g/mol. The topological polar surface area (TPSA) is 77.3 Å². The van der Waals surface area contributed by atoms with Gasteiger partial charge in [0.15, 0.2) is 0 Å². The first-order chi connectivity index (χ1) is 19.5. The molecule has 0 N–H and O–H groups in total. The molecule has 0 fully saturated rings. The highest BCUT2D eigenvalue weighted by molar-refractivity contribution is 5.88. The van der Waals surface area contributed by atoms with Crippen LogP contribution in [0, 0.1) is 0 Å². The lowest BCUT2D eigenvalue weighted by molar-refractivity contribution is -0.138.